The fourth-order valence-corrected chi connectivity index (χ4v) is 2.83. The first-order valence-corrected chi connectivity index (χ1v) is 5.51. The van der Waals surface area contributed by atoms with Gasteiger partial charge < -0.3 is 0 Å². The molecule has 1 aliphatic heterocycles. The van der Waals surface area contributed by atoms with Crippen molar-refractivity contribution in [2.75, 3.05) is 0 Å². The van der Waals surface area contributed by atoms with Crippen LogP contribution in [0.15, 0.2) is 27.5 Å². The molecule has 0 saturated heterocycles. The third-order valence-corrected chi connectivity index (χ3v) is 3.60. The molecule has 2 rings (SSSR count). The molecule has 13 heavy (non-hydrogen) atoms. The summed E-state index contributed by atoms with van der Waals surface area (Å²) in [5.41, 5.74) is 0.370. The average molecular weight is 236 g/mol. The van der Waals surface area contributed by atoms with Gasteiger partial charge in [0.05, 0.1) is 4.90 Å². The number of hydrogen-bond donors (Lipinski definition) is 0. The molecule has 0 saturated carbocycles. The van der Waals surface area contributed by atoms with Crippen molar-refractivity contribution in [1.82, 2.24) is 0 Å². The van der Waals surface area contributed by atoms with E-state index in [2.05, 4.69) is 4.40 Å². The molecule has 1 aromatic rings. The number of fused-ring (bicyclic) bond motifs is 1. The molecule has 0 aromatic heterocycles. The van der Waals surface area contributed by atoms with Crippen LogP contribution in [0, 0.1) is 0 Å². The summed E-state index contributed by atoms with van der Waals surface area (Å²) in [6.07, 6.45) is 0. The van der Waals surface area contributed by atoms with Gasteiger partial charge in [-0.25, -0.2) is 0 Å². The molecule has 1 aromatic carbocycles. The number of hydrogen-bond acceptors (Lipinski definition) is 2. The summed E-state index contributed by atoms with van der Waals surface area (Å²) in [5.74, 6) is 0. The summed E-state index contributed by atoms with van der Waals surface area (Å²) < 4.78 is 25.8. The van der Waals surface area contributed by atoms with Crippen LogP contribution in [0.5, 0.6) is 0 Å². The minimum atomic E-state index is -3.57. The lowest BCUT2D eigenvalue weighted by Crippen LogP contribution is -1.92. The van der Waals surface area contributed by atoms with Crippen molar-refractivity contribution in [3.8, 4) is 0 Å². The Morgan fingerprint density at radius 2 is 1.92 bits per heavy atom. The SMILES string of the molecule is O=S1(=O)N=C(Cl)c2cc(Cl)ccc21. The second kappa shape index (κ2) is 2.70. The van der Waals surface area contributed by atoms with Gasteiger partial charge in [-0.3, -0.25) is 0 Å². The Labute approximate surface area is 85.1 Å². The van der Waals surface area contributed by atoms with Crippen molar-refractivity contribution in [2.45, 2.75) is 4.90 Å². The van der Waals surface area contributed by atoms with Gasteiger partial charge in [-0.05, 0) is 18.2 Å². The first-order chi connectivity index (χ1) is 6.00. The van der Waals surface area contributed by atoms with Crippen molar-refractivity contribution in [3.05, 3.63) is 28.8 Å². The van der Waals surface area contributed by atoms with Crippen molar-refractivity contribution in [2.24, 2.45) is 4.40 Å². The molecule has 0 amide bonds. The molecule has 0 aliphatic carbocycles. The second-order valence-electron chi connectivity index (χ2n) is 2.50. The van der Waals surface area contributed by atoms with Gasteiger partial charge in [0.15, 0.2) is 5.17 Å². The summed E-state index contributed by atoms with van der Waals surface area (Å²) in [6.45, 7) is 0. The van der Waals surface area contributed by atoms with Crippen molar-refractivity contribution in [1.29, 1.82) is 0 Å². The maximum atomic E-state index is 11.3. The van der Waals surface area contributed by atoms with Gasteiger partial charge in [0.25, 0.3) is 10.0 Å². The van der Waals surface area contributed by atoms with Gasteiger partial charge in [0, 0.05) is 10.6 Å². The molecule has 1 heterocycles. The summed E-state index contributed by atoms with van der Waals surface area (Å²) in [5, 5.41) is 0.404. The molecule has 0 spiro atoms. The molecule has 0 unspecified atom stereocenters. The number of rotatable bonds is 0. The highest BCUT2D eigenvalue weighted by Gasteiger charge is 2.27. The lowest BCUT2D eigenvalue weighted by molar-refractivity contribution is 0.599. The van der Waals surface area contributed by atoms with Crippen LogP contribution in [0.4, 0.5) is 0 Å². The van der Waals surface area contributed by atoms with Crippen molar-refractivity contribution in [3.63, 3.8) is 0 Å². The molecule has 6 heteroatoms. The monoisotopic (exact) mass is 235 g/mol. The van der Waals surface area contributed by atoms with E-state index in [0.717, 1.165) is 0 Å². The van der Waals surface area contributed by atoms with Crippen LogP contribution >= 0.6 is 23.2 Å². The third kappa shape index (κ3) is 1.35. The maximum absolute atomic E-state index is 11.3. The molecule has 0 atom stereocenters. The molecule has 0 radical (unpaired) electrons. The highest BCUT2D eigenvalue weighted by Crippen LogP contribution is 2.29. The molecular formula is C7H3Cl2NO2S. The Balaban J connectivity index is 2.82. The molecular weight excluding hydrogens is 233 g/mol. The highest BCUT2D eigenvalue weighted by molar-refractivity contribution is 7.91. The number of benzene rings is 1. The van der Waals surface area contributed by atoms with Crippen molar-refractivity contribution < 1.29 is 8.42 Å². The number of nitrogens with zero attached hydrogens (tertiary/aromatic N) is 1. The minimum Gasteiger partial charge on any atom is -0.199 e. The van der Waals surface area contributed by atoms with E-state index < -0.39 is 10.0 Å². The van der Waals surface area contributed by atoms with Crippen LogP contribution in [-0.2, 0) is 10.0 Å². The number of halogens is 2. The standard InChI is InChI=1S/C7H3Cl2NO2S/c8-4-1-2-6-5(3-4)7(9)10-13(6,11)12/h1-3H. The van der Waals surface area contributed by atoms with Crippen LogP contribution in [-0.4, -0.2) is 13.6 Å². The van der Waals surface area contributed by atoms with E-state index >= 15 is 0 Å². The van der Waals surface area contributed by atoms with Crippen LogP contribution in [0.3, 0.4) is 0 Å². The summed E-state index contributed by atoms with van der Waals surface area (Å²) >= 11 is 11.3. The van der Waals surface area contributed by atoms with Gasteiger partial charge in [0.2, 0.25) is 0 Å². The average Bonchev–Trinajstić information content (AvgIpc) is 2.22. The zero-order valence-electron chi connectivity index (χ0n) is 6.16. The largest absolute Gasteiger partial charge is 0.284 e. The van der Waals surface area contributed by atoms with Crippen LogP contribution in [0.2, 0.25) is 5.02 Å². The normalized spacial score (nSPS) is 18.2. The first kappa shape index (κ1) is 8.99. The smallest absolute Gasteiger partial charge is 0.199 e. The van der Waals surface area contributed by atoms with Crippen LogP contribution in [0.1, 0.15) is 5.56 Å². The minimum absolute atomic E-state index is 0.0301. The highest BCUT2D eigenvalue weighted by atomic mass is 35.5. The summed E-state index contributed by atoms with van der Waals surface area (Å²) in [4.78, 5) is 0.113. The van der Waals surface area contributed by atoms with Gasteiger partial charge >= 0.3 is 0 Å². The lowest BCUT2D eigenvalue weighted by Gasteiger charge is -1.96. The Kier molecular flexibility index (Phi) is 1.87. The summed E-state index contributed by atoms with van der Waals surface area (Å²) in [6, 6.07) is 4.36. The van der Waals surface area contributed by atoms with E-state index in [1.807, 2.05) is 0 Å². The Morgan fingerprint density at radius 3 is 2.62 bits per heavy atom. The van der Waals surface area contributed by atoms with Crippen molar-refractivity contribution >= 4 is 38.4 Å². The topological polar surface area (TPSA) is 46.5 Å². The Bertz CT molecular complexity index is 507. The quantitative estimate of drug-likeness (QED) is 0.691. The zero-order valence-corrected chi connectivity index (χ0v) is 8.49. The molecule has 0 N–H and O–H groups in total. The molecule has 1 aliphatic rings. The van der Waals surface area contributed by atoms with Gasteiger partial charge in [-0.15, -0.1) is 4.40 Å². The Morgan fingerprint density at radius 1 is 1.23 bits per heavy atom. The van der Waals surface area contributed by atoms with Gasteiger partial charge in [-0.1, -0.05) is 23.2 Å². The van der Waals surface area contributed by atoms with E-state index in [0.29, 0.717) is 10.6 Å². The van der Waals surface area contributed by atoms with E-state index in [-0.39, 0.29) is 10.1 Å². The first-order valence-electron chi connectivity index (χ1n) is 3.31. The fourth-order valence-electron chi connectivity index (χ4n) is 1.09. The Hall–Kier alpha value is -0.580. The lowest BCUT2D eigenvalue weighted by atomic mass is 10.2. The van der Waals surface area contributed by atoms with Gasteiger partial charge in [0.1, 0.15) is 0 Å². The maximum Gasteiger partial charge on any atom is 0.284 e. The predicted octanol–water partition coefficient (Wildman–Crippen LogP) is 2.03. The predicted molar refractivity (Wildman–Crippen MR) is 51.0 cm³/mol. The van der Waals surface area contributed by atoms with E-state index in [1.54, 1.807) is 0 Å². The van der Waals surface area contributed by atoms with E-state index in [4.69, 9.17) is 23.2 Å². The number of sulfonamides is 1. The van der Waals surface area contributed by atoms with Gasteiger partial charge in [-0.2, -0.15) is 8.42 Å². The second-order valence-corrected chi connectivity index (χ2v) is 4.86. The fraction of sp³-hybridized carbons (Fsp3) is 0. The van der Waals surface area contributed by atoms with Crippen LogP contribution in [0.25, 0.3) is 0 Å². The molecule has 0 bridgehead atoms. The third-order valence-electron chi connectivity index (χ3n) is 1.64. The molecule has 68 valence electrons. The van der Waals surface area contributed by atoms with Crippen LogP contribution < -0.4 is 0 Å². The molecule has 3 nitrogen and oxygen atoms in total. The van der Waals surface area contributed by atoms with E-state index in [1.165, 1.54) is 18.2 Å². The summed E-state index contributed by atoms with van der Waals surface area (Å²) in [7, 11) is -3.57. The zero-order chi connectivity index (χ0) is 9.64. The molecule has 0 fully saturated rings. The van der Waals surface area contributed by atoms with E-state index in [9.17, 15) is 8.42 Å².